The summed E-state index contributed by atoms with van der Waals surface area (Å²) < 4.78 is 5.58. The molecule has 0 aromatic heterocycles. The van der Waals surface area contributed by atoms with Gasteiger partial charge in [-0.05, 0) is 18.8 Å². The summed E-state index contributed by atoms with van der Waals surface area (Å²) in [5, 5.41) is 0. The van der Waals surface area contributed by atoms with Gasteiger partial charge in [0.2, 0.25) is 0 Å². The normalized spacial score (nSPS) is 40.1. The zero-order valence-corrected chi connectivity index (χ0v) is 7.38. The molecule has 0 bridgehead atoms. The van der Waals surface area contributed by atoms with Gasteiger partial charge >= 0.3 is 0 Å². The number of rotatable bonds is 1. The lowest BCUT2D eigenvalue weighted by molar-refractivity contribution is -0.142. The average molecular weight is 154 g/mol. The third-order valence-electron chi connectivity index (χ3n) is 3.23. The molecule has 0 spiro atoms. The molecule has 0 unspecified atom stereocenters. The molecule has 2 rings (SSSR count). The Kier molecular flexibility index (Phi) is 2.17. The van der Waals surface area contributed by atoms with Crippen molar-refractivity contribution in [1.82, 2.24) is 0 Å². The monoisotopic (exact) mass is 154 g/mol. The molecule has 2 aliphatic rings. The Morgan fingerprint density at radius 3 is 2.27 bits per heavy atom. The molecular formula is C10H18O. The lowest BCUT2D eigenvalue weighted by atomic mass is 9.79. The number of hydrogen-bond acceptors (Lipinski definition) is 1. The van der Waals surface area contributed by atoms with Crippen molar-refractivity contribution in [2.45, 2.75) is 45.1 Å². The van der Waals surface area contributed by atoms with Crippen LogP contribution in [0.4, 0.5) is 0 Å². The summed E-state index contributed by atoms with van der Waals surface area (Å²) in [6.45, 7) is 3.34. The van der Waals surface area contributed by atoms with Crippen LogP contribution in [0.1, 0.15) is 39.0 Å². The topological polar surface area (TPSA) is 9.23 Å². The second-order valence-corrected chi connectivity index (χ2v) is 4.17. The smallest absolute Gasteiger partial charge is 0.0650 e. The molecule has 1 nitrogen and oxygen atoms in total. The van der Waals surface area contributed by atoms with Gasteiger partial charge in [-0.1, -0.05) is 26.2 Å². The van der Waals surface area contributed by atoms with E-state index >= 15 is 0 Å². The lowest BCUT2D eigenvalue weighted by Crippen LogP contribution is -2.43. The van der Waals surface area contributed by atoms with Gasteiger partial charge in [-0.25, -0.2) is 0 Å². The summed E-state index contributed by atoms with van der Waals surface area (Å²) in [4.78, 5) is 0. The number of hydrogen-bond donors (Lipinski definition) is 0. The first-order valence-electron chi connectivity index (χ1n) is 4.99. The van der Waals surface area contributed by atoms with Crippen molar-refractivity contribution in [3.63, 3.8) is 0 Å². The van der Waals surface area contributed by atoms with E-state index in [-0.39, 0.29) is 0 Å². The molecule has 1 heteroatoms. The van der Waals surface area contributed by atoms with Gasteiger partial charge in [-0.15, -0.1) is 0 Å². The van der Waals surface area contributed by atoms with Crippen LogP contribution in [0.3, 0.4) is 0 Å². The van der Waals surface area contributed by atoms with E-state index in [1.54, 1.807) is 0 Å². The highest BCUT2D eigenvalue weighted by Gasteiger charge is 2.35. The molecule has 64 valence electrons. The molecule has 11 heavy (non-hydrogen) atoms. The predicted molar refractivity (Wildman–Crippen MR) is 45.5 cm³/mol. The maximum Gasteiger partial charge on any atom is 0.0650 e. The molecule has 2 fully saturated rings. The Bertz CT molecular complexity index is 127. The van der Waals surface area contributed by atoms with Gasteiger partial charge < -0.3 is 4.74 Å². The molecule has 1 saturated carbocycles. The molecule has 1 aliphatic carbocycles. The molecule has 1 aliphatic heterocycles. The lowest BCUT2D eigenvalue weighted by Gasteiger charge is -2.41. The largest absolute Gasteiger partial charge is 0.377 e. The van der Waals surface area contributed by atoms with Gasteiger partial charge in [0.25, 0.3) is 0 Å². The molecule has 0 N–H and O–H groups in total. The molecule has 1 heterocycles. The Morgan fingerprint density at radius 2 is 1.82 bits per heavy atom. The summed E-state index contributed by atoms with van der Waals surface area (Å²) >= 11 is 0. The molecule has 1 saturated heterocycles. The fourth-order valence-corrected chi connectivity index (χ4v) is 2.46. The van der Waals surface area contributed by atoms with Crippen molar-refractivity contribution in [2.24, 2.45) is 11.8 Å². The van der Waals surface area contributed by atoms with E-state index < -0.39 is 0 Å². The van der Waals surface area contributed by atoms with Gasteiger partial charge in [0, 0.05) is 5.92 Å². The zero-order valence-electron chi connectivity index (χ0n) is 7.38. The van der Waals surface area contributed by atoms with Gasteiger partial charge in [-0.3, -0.25) is 0 Å². The molecule has 2 atom stereocenters. The van der Waals surface area contributed by atoms with E-state index in [9.17, 15) is 0 Å². The van der Waals surface area contributed by atoms with Crippen LogP contribution in [-0.2, 0) is 4.74 Å². The average Bonchev–Trinajstić information content (AvgIpc) is 2.04. The summed E-state index contributed by atoms with van der Waals surface area (Å²) in [7, 11) is 0. The molecule has 0 aromatic carbocycles. The molecular weight excluding hydrogens is 136 g/mol. The first-order valence-corrected chi connectivity index (χ1v) is 4.99. The maximum absolute atomic E-state index is 5.58. The fraction of sp³-hybridized carbons (Fsp3) is 1.00. The Labute approximate surface area is 69.1 Å². The predicted octanol–water partition coefficient (Wildman–Crippen LogP) is 2.60. The van der Waals surface area contributed by atoms with Crippen molar-refractivity contribution in [1.29, 1.82) is 0 Å². The van der Waals surface area contributed by atoms with Gasteiger partial charge in [0.15, 0.2) is 0 Å². The third kappa shape index (κ3) is 1.44. The standard InChI is InChI=1S/C10H18O/c1-8-7-11-10(8)9-5-3-2-4-6-9/h8-10H,2-7H2,1H3/t8-,10-/m0/s1. The second-order valence-electron chi connectivity index (χ2n) is 4.17. The Balaban J connectivity index is 1.83. The first-order chi connectivity index (χ1) is 5.38. The minimum atomic E-state index is 0.635. The van der Waals surface area contributed by atoms with Crippen molar-refractivity contribution in [2.75, 3.05) is 6.61 Å². The first kappa shape index (κ1) is 7.60. The van der Waals surface area contributed by atoms with E-state index in [1.165, 1.54) is 32.1 Å². The van der Waals surface area contributed by atoms with Crippen LogP contribution in [0.5, 0.6) is 0 Å². The van der Waals surface area contributed by atoms with Crippen LogP contribution in [0.15, 0.2) is 0 Å². The van der Waals surface area contributed by atoms with E-state index in [4.69, 9.17) is 4.74 Å². The van der Waals surface area contributed by atoms with E-state index in [0.717, 1.165) is 18.4 Å². The van der Waals surface area contributed by atoms with E-state index in [0.29, 0.717) is 6.10 Å². The summed E-state index contributed by atoms with van der Waals surface area (Å²) in [6.07, 6.45) is 7.83. The third-order valence-corrected chi connectivity index (χ3v) is 3.23. The minimum Gasteiger partial charge on any atom is -0.377 e. The Morgan fingerprint density at radius 1 is 1.09 bits per heavy atom. The highest BCUT2D eigenvalue weighted by atomic mass is 16.5. The zero-order chi connectivity index (χ0) is 7.68. The molecule has 0 aromatic rings. The van der Waals surface area contributed by atoms with E-state index in [2.05, 4.69) is 6.92 Å². The highest BCUT2D eigenvalue weighted by Crippen LogP contribution is 2.35. The highest BCUT2D eigenvalue weighted by molar-refractivity contribution is 4.83. The quantitative estimate of drug-likeness (QED) is 0.564. The molecule has 0 radical (unpaired) electrons. The van der Waals surface area contributed by atoms with Crippen LogP contribution in [0.25, 0.3) is 0 Å². The molecule has 0 amide bonds. The van der Waals surface area contributed by atoms with Crippen molar-refractivity contribution < 1.29 is 4.74 Å². The van der Waals surface area contributed by atoms with Gasteiger partial charge in [0.05, 0.1) is 12.7 Å². The summed E-state index contributed by atoms with van der Waals surface area (Å²) in [6, 6.07) is 0. The van der Waals surface area contributed by atoms with Crippen LogP contribution in [0, 0.1) is 11.8 Å². The summed E-state index contributed by atoms with van der Waals surface area (Å²) in [5.41, 5.74) is 0. The van der Waals surface area contributed by atoms with Crippen molar-refractivity contribution in [3.8, 4) is 0 Å². The SMILES string of the molecule is C[C@H]1CO[C@@H]1C1CCCCC1. The Hall–Kier alpha value is -0.0400. The van der Waals surface area contributed by atoms with Gasteiger partial charge in [-0.2, -0.15) is 0 Å². The van der Waals surface area contributed by atoms with Crippen LogP contribution >= 0.6 is 0 Å². The second kappa shape index (κ2) is 3.14. The van der Waals surface area contributed by atoms with Gasteiger partial charge in [0.1, 0.15) is 0 Å². The minimum absolute atomic E-state index is 0.635. The van der Waals surface area contributed by atoms with Crippen molar-refractivity contribution in [3.05, 3.63) is 0 Å². The maximum atomic E-state index is 5.58. The van der Waals surface area contributed by atoms with Crippen LogP contribution < -0.4 is 0 Å². The number of ether oxygens (including phenoxy) is 1. The van der Waals surface area contributed by atoms with Crippen LogP contribution in [0.2, 0.25) is 0 Å². The van der Waals surface area contributed by atoms with E-state index in [1.807, 2.05) is 0 Å². The summed E-state index contributed by atoms with van der Waals surface area (Å²) in [5.74, 6) is 1.76. The van der Waals surface area contributed by atoms with Crippen molar-refractivity contribution >= 4 is 0 Å². The fourth-order valence-electron chi connectivity index (χ4n) is 2.46. The van der Waals surface area contributed by atoms with Crippen LogP contribution in [-0.4, -0.2) is 12.7 Å².